The Morgan fingerprint density at radius 3 is 1.95 bits per heavy atom. The van der Waals surface area contributed by atoms with E-state index in [9.17, 15) is 9.59 Å². The van der Waals surface area contributed by atoms with Crippen LogP contribution in [0.4, 0.5) is 10.5 Å². The summed E-state index contributed by atoms with van der Waals surface area (Å²) in [7, 11) is 0. The van der Waals surface area contributed by atoms with Crippen LogP contribution in [-0.2, 0) is 0 Å². The summed E-state index contributed by atoms with van der Waals surface area (Å²) in [6.45, 7) is 0. The molecule has 0 atom stereocenters. The lowest BCUT2D eigenvalue weighted by molar-refractivity contribution is 0.0938. The Balaban J connectivity index is 1.83. The van der Waals surface area contributed by atoms with Gasteiger partial charge in [-0.05, 0) is 24.3 Å². The summed E-state index contributed by atoms with van der Waals surface area (Å²) in [5.41, 5.74) is 5.72. The first-order valence-corrected chi connectivity index (χ1v) is 5.73. The molecule has 0 spiro atoms. The summed E-state index contributed by atoms with van der Waals surface area (Å²) in [6.07, 6.45) is 0. The summed E-state index contributed by atoms with van der Waals surface area (Å²) in [4.78, 5) is 23.2. The van der Waals surface area contributed by atoms with Gasteiger partial charge in [0, 0.05) is 11.3 Å². The Kier molecular flexibility index (Phi) is 4.12. The van der Waals surface area contributed by atoms with E-state index in [1.165, 1.54) is 0 Å². The molecule has 0 saturated heterocycles. The minimum atomic E-state index is -0.504. The number of rotatable bonds is 2. The molecule has 0 aromatic heterocycles. The summed E-state index contributed by atoms with van der Waals surface area (Å²) in [5, 5.41) is 2.58. The maximum absolute atomic E-state index is 11.6. The van der Waals surface area contributed by atoms with Crippen molar-refractivity contribution in [2.45, 2.75) is 0 Å². The van der Waals surface area contributed by atoms with Crippen LogP contribution >= 0.6 is 0 Å². The van der Waals surface area contributed by atoms with Crippen molar-refractivity contribution in [3.05, 3.63) is 66.2 Å². The molecule has 0 saturated carbocycles. The van der Waals surface area contributed by atoms with Crippen molar-refractivity contribution in [2.24, 2.45) is 0 Å². The monoisotopic (exact) mass is 255 g/mol. The van der Waals surface area contributed by atoms with Crippen LogP contribution in [0, 0.1) is 0 Å². The number of urea groups is 1. The number of hydrogen-bond acceptors (Lipinski definition) is 2. The second-order valence-electron chi connectivity index (χ2n) is 3.77. The van der Waals surface area contributed by atoms with Gasteiger partial charge in [-0.25, -0.2) is 10.2 Å². The molecule has 19 heavy (non-hydrogen) atoms. The van der Waals surface area contributed by atoms with Crippen LogP contribution in [0.3, 0.4) is 0 Å². The number of hydrazine groups is 1. The molecule has 0 aliphatic rings. The number of carbonyl (C=O) groups excluding carboxylic acids is 2. The maximum atomic E-state index is 11.6. The predicted molar refractivity (Wildman–Crippen MR) is 72.5 cm³/mol. The number of para-hydroxylation sites is 1. The van der Waals surface area contributed by atoms with E-state index in [1.54, 1.807) is 48.5 Å². The minimum Gasteiger partial charge on any atom is -0.307 e. The molecular formula is C14H13N3O2. The van der Waals surface area contributed by atoms with E-state index in [0.717, 1.165) is 0 Å². The highest BCUT2D eigenvalue weighted by Crippen LogP contribution is 2.03. The lowest BCUT2D eigenvalue weighted by Gasteiger charge is -2.08. The molecule has 96 valence electrons. The van der Waals surface area contributed by atoms with E-state index in [0.29, 0.717) is 11.3 Å². The highest BCUT2D eigenvalue weighted by molar-refractivity contribution is 5.97. The van der Waals surface area contributed by atoms with Crippen molar-refractivity contribution in [3.8, 4) is 0 Å². The Morgan fingerprint density at radius 1 is 0.737 bits per heavy atom. The third kappa shape index (κ3) is 3.85. The van der Waals surface area contributed by atoms with Gasteiger partial charge in [-0.3, -0.25) is 10.2 Å². The zero-order valence-electron chi connectivity index (χ0n) is 10.1. The largest absolute Gasteiger partial charge is 0.337 e. The zero-order valence-corrected chi connectivity index (χ0v) is 10.1. The van der Waals surface area contributed by atoms with Gasteiger partial charge in [-0.15, -0.1) is 0 Å². The number of anilines is 1. The molecule has 2 aromatic rings. The van der Waals surface area contributed by atoms with Crippen LogP contribution in [0.1, 0.15) is 10.4 Å². The molecule has 5 nitrogen and oxygen atoms in total. The fourth-order valence-electron chi connectivity index (χ4n) is 1.46. The third-order valence-electron chi connectivity index (χ3n) is 2.36. The van der Waals surface area contributed by atoms with Crippen molar-refractivity contribution >= 4 is 17.6 Å². The molecule has 0 fully saturated rings. The quantitative estimate of drug-likeness (QED) is 0.720. The lowest BCUT2D eigenvalue weighted by atomic mass is 10.2. The second kappa shape index (κ2) is 6.20. The van der Waals surface area contributed by atoms with Gasteiger partial charge >= 0.3 is 6.03 Å². The van der Waals surface area contributed by atoms with Crippen LogP contribution < -0.4 is 16.2 Å². The molecular weight excluding hydrogens is 242 g/mol. The van der Waals surface area contributed by atoms with Gasteiger partial charge in [-0.1, -0.05) is 36.4 Å². The van der Waals surface area contributed by atoms with Crippen molar-refractivity contribution < 1.29 is 9.59 Å². The lowest BCUT2D eigenvalue weighted by Crippen LogP contribution is -2.43. The minimum absolute atomic E-state index is 0.371. The first kappa shape index (κ1) is 12.6. The standard InChI is InChI=1S/C14H13N3O2/c18-13(11-7-3-1-4-8-11)16-17-14(19)15-12-9-5-2-6-10-12/h1-10H,(H,16,18)(H2,15,17,19). The molecule has 0 aliphatic carbocycles. The Bertz CT molecular complexity index is 555. The van der Waals surface area contributed by atoms with Crippen molar-refractivity contribution in [1.29, 1.82) is 0 Å². The molecule has 3 amide bonds. The van der Waals surface area contributed by atoms with E-state index < -0.39 is 6.03 Å². The van der Waals surface area contributed by atoms with Gasteiger partial charge in [0.05, 0.1) is 0 Å². The molecule has 3 N–H and O–H groups in total. The molecule has 2 rings (SSSR count). The molecule has 0 bridgehead atoms. The fraction of sp³-hybridized carbons (Fsp3) is 0. The van der Waals surface area contributed by atoms with Crippen molar-refractivity contribution in [3.63, 3.8) is 0 Å². The number of amides is 3. The number of benzene rings is 2. The Labute approximate surface area is 110 Å². The predicted octanol–water partition coefficient (Wildman–Crippen LogP) is 2.15. The van der Waals surface area contributed by atoms with Gasteiger partial charge in [0.25, 0.3) is 5.91 Å². The van der Waals surface area contributed by atoms with Crippen molar-refractivity contribution in [1.82, 2.24) is 10.9 Å². The van der Waals surface area contributed by atoms with Gasteiger partial charge in [-0.2, -0.15) is 0 Å². The van der Waals surface area contributed by atoms with E-state index in [4.69, 9.17) is 0 Å². The second-order valence-corrected chi connectivity index (χ2v) is 3.77. The average Bonchev–Trinajstić information content (AvgIpc) is 2.47. The normalized spacial score (nSPS) is 9.47. The van der Waals surface area contributed by atoms with E-state index in [1.807, 2.05) is 12.1 Å². The highest BCUT2D eigenvalue weighted by atomic mass is 16.2. The molecule has 2 aromatic carbocycles. The van der Waals surface area contributed by atoms with Gasteiger partial charge < -0.3 is 5.32 Å². The number of carbonyl (C=O) groups is 2. The zero-order chi connectivity index (χ0) is 13.5. The van der Waals surface area contributed by atoms with Gasteiger partial charge in [0.2, 0.25) is 0 Å². The van der Waals surface area contributed by atoms with Gasteiger partial charge in [0.15, 0.2) is 0 Å². The first-order valence-electron chi connectivity index (χ1n) is 5.73. The van der Waals surface area contributed by atoms with E-state index in [2.05, 4.69) is 16.2 Å². The van der Waals surface area contributed by atoms with Crippen LogP contribution in [0.5, 0.6) is 0 Å². The Morgan fingerprint density at radius 2 is 1.32 bits per heavy atom. The smallest absolute Gasteiger partial charge is 0.307 e. The van der Waals surface area contributed by atoms with E-state index in [-0.39, 0.29) is 5.91 Å². The average molecular weight is 255 g/mol. The fourth-order valence-corrected chi connectivity index (χ4v) is 1.46. The van der Waals surface area contributed by atoms with Crippen molar-refractivity contribution in [2.75, 3.05) is 5.32 Å². The summed E-state index contributed by atoms with van der Waals surface area (Å²) < 4.78 is 0. The molecule has 0 heterocycles. The number of nitrogens with one attached hydrogen (secondary N) is 3. The summed E-state index contributed by atoms with van der Waals surface area (Å²) in [5.74, 6) is -0.371. The van der Waals surface area contributed by atoms with Crippen LogP contribution in [0.2, 0.25) is 0 Å². The highest BCUT2D eigenvalue weighted by Gasteiger charge is 2.06. The molecule has 0 radical (unpaired) electrons. The van der Waals surface area contributed by atoms with E-state index >= 15 is 0 Å². The maximum Gasteiger partial charge on any atom is 0.337 e. The van der Waals surface area contributed by atoms with Crippen LogP contribution in [0.25, 0.3) is 0 Å². The summed E-state index contributed by atoms with van der Waals surface area (Å²) >= 11 is 0. The van der Waals surface area contributed by atoms with Crippen LogP contribution in [-0.4, -0.2) is 11.9 Å². The number of hydrogen-bond donors (Lipinski definition) is 3. The molecule has 0 unspecified atom stereocenters. The SMILES string of the molecule is O=C(NNC(=O)c1ccccc1)Nc1ccccc1. The Hall–Kier alpha value is -2.82. The topological polar surface area (TPSA) is 70.2 Å². The first-order chi connectivity index (χ1) is 9.25. The summed E-state index contributed by atoms with van der Waals surface area (Å²) in [6, 6.07) is 17.1. The van der Waals surface area contributed by atoms with Gasteiger partial charge in [0.1, 0.15) is 0 Å². The molecule has 0 aliphatic heterocycles. The molecule has 5 heteroatoms. The van der Waals surface area contributed by atoms with Crippen LogP contribution in [0.15, 0.2) is 60.7 Å². The third-order valence-corrected chi connectivity index (χ3v) is 2.36.